The first-order valence-corrected chi connectivity index (χ1v) is 8.18. The Morgan fingerprint density at radius 1 is 1.22 bits per heavy atom. The van der Waals surface area contributed by atoms with E-state index in [1.54, 1.807) is 0 Å². The molecular weight excluding hydrogens is 312 g/mol. The number of nitrogens with one attached hydrogen (secondary N) is 1. The van der Waals surface area contributed by atoms with Crippen molar-refractivity contribution in [2.45, 2.75) is 24.9 Å². The van der Waals surface area contributed by atoms with Crippen molar-refractivity contribution in [2.24, 2.45) is 0 Å². The van der Waals surface area contributed by atoms with Crippen molar-refractivity contribution in [1.29, 1.82) is 0 Å². The van der Waals surface area contributed by atoms with Crippen LogP contribution in [0, 0.1) is 0 Å². The number of carbonyl (C=O) groups is 1. The predicted molar refractivity (Wildman–Crippen MR) is 90.3 cm³/mol. The fraction of sp³-hybridized carbons (Fsp3) is 0.278. The van der Waals surface area contributed by atoms with Crippen molar-refractivity contribution >= 4 is 23.7 Å². The van der Waals surface area contributed by atoms with E-state index < -0.39 is 0 Å². The topological polar surface area (TPSA) is 41.6 Å². The Morgan fingerprint density at radius 3 is 2.96 bits per heavy atom. The Morgan fingerprint density at radius 2 is 2.09 bits per heavy atom. The maximum Gasteiger partial charge on any atom is 0.207 e. The van der Waals surface area contributed by atoms with Crippen molar-refractivity contribution in [1.82, 2.24) is 5.32 Å². The van der Waals surface area contributed by atoms with Crippen molar-refractivity contribution in [3.63, 3.8) is 0 Å². The Kier molecular flexibility index (Phi) is 3.62. The third-order valence-electron chi connectivity index (χ3n) is 4.60. The third kappa shape index (κ3) is 2.43. The van der Waals surface area contributed by atoms with Crippen LogP contribution in [0.1, 0.15) is 24.4 Å². The fourth-order valence-electron chi connectivity index (χ4n) is 3.65. The molecule has 5 heteroatoms. The molecule has 4 nitrogen and oxygen atoms in total. The fourth-order valence-corrected chi connectivity index (χ4v) is 3.82. The molecule has 0 unspecified atom stereocenters. The second-order valence-electron chi connectivity index (χ2n) is 5.92. The Hall–Kier alpha value is -2.20. The summed E-state index contributed by atoms with van der Waals surface area (Å²) in [6.45, 7) is 0.909. The minimum atomic E-state index is 0.0462. The molecule has 118 valence electrons. The Bertz CT molecular complexity index is 750. The van der Waals surface area contributed by atoms with Crippen LogP contribution < -0.4 is 15.0 Å². The molecule has 0 aromatic heterocycles. The molecule has 2 heterocycles. The number of fused-ring (bicyclic) bond motifs is 5. The smallest absolute Gasteiger partial charge is 0.207 e. The SMILES string of the molecule is O=CN[C@@H]1CCCN2c3cc(Cl)ccc3Oc3ccccc3[C@H]12. The van der Waals surface area contributed by atoms with Gasteiger partial charge in [-0.25, -0.2) is 0 Å². The highest BCUT2D eigenvalue weighted by Gasteiger charge is 2.37. The number of rotatable bonds is 2. The van der Waals surface area contributed by atoms with Gasteiger partial charge in [0.25, 0.3) is 0 Å². The van der Waals surface area contributed by atoms with E-state index in [2.05, 4.69) is 16.3 Å². The molecular formula is C18H17ClN2O2. The number of hydrogen-bond donors (Lipinski definition) is 1. The second-order valence-corrected chi connectivity index (χ2v) is 6.36. The Labute approximate surface area is 140 Å². The van der Waals surface area contributed by atoms with Gasteiger partial charge in [0, 0.05) is 17.1 Å². The summed E-state index contributed by atoms with van der Waals surface area (Å²) in [6, 6.07) is 13.8. The minimum Gasteiger partial charge on any atom is -0.455 e. The van der Waals surface area contributed by atoms with Crippen LogP contribution >= 0.6 is 11.6 Å². The van der Waals surface area contributed by atoms with Crippen molar-refractivity contribution < 1.29 is 9.53 Å². The molecule has 2 atom stereocenters. The maximum atomic E-state index is 11.1. The number of benzene rings is 2. The summed E-state index contributed by atoms with van der Waals surface area (Å²) in [7, 11) is 0. The first-order chi connectivity index (χ1) is 11.3. The van der Waals surface area contributed by atoms with Crippen LogP contribution in [-0.4, -0.2) is 19.0 Å². The van der Waals surface area contributed by atoms with Crippen LogP contribution in [0.3, 0.4) is 0 Å². The van der Waals surface area contributed by atoms with E-state index in [1.165, 1.54) is 0 Å². The number of para-hydroxylation sites is 1. The molecule has 0 radical (unpaired) electrons. The monoisotopic (exact) mass is 328 g/mol. The average Bonchev–Trinajstić information content (AvgIpc) is 2.70. The average molecular weight is 329 g/mol. The van der Waals surface area contributed by atoms with Crippen LogP contribution in [0.5, 0.6) is 11.5 Å². The number of halogens is 1. The lowest BCUT2D eigenvalue weighted by Gasteiger charge is -2.42. The summed E-state index contributed by atoms with van der Waals surface area (Å²) in [4.78, 5) is 13.4. The number of ether oxygens (including phenoxy) is 1. The highest BCUT2D eigenvalue weighted by molar-refractivity contribution is 6.31. The Balaban J connectivity index is 1.91. The van der Waals surface area contributed by atoms with E-state index in [-0.39, 0.29) is 12.1 Å². The predicted octanol–water partition coefficient (Wildman–Crippen LogP) is 3.90. The quantitative estimate of drug-likeness (QED) is 0.850. The summed E-state index contributed by atoms with van der Waals surface area (Å²) in [5.74, 6) is 1.64. The molecule has 1 saturated heterocycles. The minimum absolute atomic E-state index is 0.0462. The summed E-state index contributed by atoms with van der Waals surface area (Å²) < 4.78 is 6.16. The van der Waals surface area contributed by atoms with E-state index in [4.69, 9.17) is 16.3 Å². The van der Waals surface area contributed by atoms with Crippen LogP contribution in [-0.2, 0) is 4.79 Å². The number of carbonyl (C=O) groups excluding carboxylic acids is 1. The van der Waals surface area contributed by atoms with Gasteiger partial charge in [-0.3, -0.25) is 4.79 Å². The summed E-state index contributed by atoms with van der Waals surface area (Å²) in [6.07, 6.45) is 2.75. The number of piperidine rings is 1. The van der Waals surface area contributed by atoms with E-state index in [0.717, 1.165) is 48.5 Å². The van der Waals surface area contributed by atoms with E-state index in [0.29, 0.717) is 5.02 Å². The molecule has 1 amide bonds. The molecule has 1 fully saturated rings. The van der Waals surface area contributed by atoms with Crippen molar-refractivity contribution in [2.75, 3.05) is 11.4 Å². The molecule has 0 aliphatic carbocycles. The van der Waals surface area contributed by atoms with Gasteiger partial charge in [-0.05, 0) is 37.1 Å². The van der Waals surface area contributed by atoms with Crippen LogP contribution in [0.4, 0.5) is 5.69 Å². The van der Waals surface area contributed by atoms with E-state index >= 15 is 0 Å². The van der Waals surface area contributed by atoms with Gasteiger partial charge in [0.1, 0.15) is 5.75 Å². The van der Waals surface area contributed by atoms with E-state index in [1.807, 2.05) is 36.4 Å². The number of anilines is 1. The lowest BCUT2D eigenvalue weighted by molar-refractivity contribution is -0.110. The summed E-state index contributed by atoms with van der Waals surface area (Å²) >= 11 is 6.22. The zero-order valence-corrected chi connectivity index (χ0v) is 13.3. The van der Waals surface area contributed by atoms with Gasteiger partial charge in [-0.1, -0.05) is 29.8 Å². The molecule has 1 N–H and O–H groups in total. The molecule has 23 heavy (non-hydrogen) atoms. The molecule has 0 saturated carbocycles. The van der Waals surface area contributed by atoms with Gasteiger partial charge in [0.05, 0.1) is 17.8 Å². The molecule has 2 aromatic rings. The van der Waals surface area contributed by atoms with Gasteiger partial charge >= 0.3 is 0 Å². The lowest BCUT2D eigenvalue weighted by Crippen LogP contribution is -2.47. The maximum absolute atomic E-state index is 11.1. The largest absolute Gasteiger partial charge is 0.455 e. The van der Waals surface area contributed by atoms with Crippen LogP contribution in [0.2, 0.25) is 5.02 Å². The zero-order chi connectivity index (χ0) is 15.8. The second kappa shape index (κ2) is 5.78. The third-order valence-corrected chi connectivity index (χ3v) is 4.84. The number of hydrogen-bond acceptors (Lipinski definition) is 3. The highest BCUT2D eigenvalue weighted by atomic mass is 35.5. The first-order valence-electron chi connectivity index (χ1n) is 7.80. The molecule has 2 aliphatic rings. The molecule has 4 rings (SSSR count). The van der Waals surface area contributed by atoms with Gasteiger partial charge in [0.2, 0.25) is 6.41 Å². The van der Waals surface area contributed by atoms with E-state index in [9.17, 15) is 4.79 Å². The number of nitrogens with zero attached hydrogens (tertiary/aromatic N) is 1. The molecule has 0 bridgehead atoms. The molecule has 0 spiro atoms. The highest BCUT2D eigenvalue weighted by Crippen LogP contribution is 2.48. The van der Waals surface area contributed by atoms with Crippen molar-refractivity contribution in [3.8, 4) is 11.5 Å². The van der Waals surface area contributed by atoms with Gasteiger partial charge in [0.15, 0.2) is 5.75 Å². The molecule has 2 aromatic carbocycles. The van der Waals surface area contributed by atoms with Crippen LogP contribution in [0.15, 0.2) is 42.5 Å². The number of amides is 1. The first kappa shape index (κ1) is 14.4. The molecule has 2 aliphatic heterocycles. The summed E-state index contributed by atoms with van der Waals surface area (Å²) in [5.41, 5.74) is 2.08. The van der Waals surface area contributed by atoms with Gasteiger partial charge in [-0.15, -0.1) is 0 Å². The van der Waals surface area contributed by atoms with Gasteiger partial charge in [-0.2, -0.15) is 0 Å². The normalized spacial score (nSPS) is 22.0. The van der Waals surface area contributed by atoms with Crippen LogP contribution in [0.25, 0.3) is 0 Å². The summed E-state index contributed by atoms with van der Waals surface area (Å²) in [5, 5.41) is 3.67. The van der Waals surface area contributed by atoms with Crippen molar-refractivity contribution in [3.05, 3.63) is 53.1 Å². The standard InChI is InChI=1S/C18H17ClN2O2/c19-12-7-8-17-15(10-12)21-9-3-5-14(20-11-22)18(21)13-4-1-2-6-16(13)23-17/h1-2,4,6-8,10-11,14,18H,3,5,9H2,(H,20,22)/t14-,18-/m1/s1. The van der Waals surface area contributed by atoms with Gasteiger partial charge < -0.3 is 15.0 Å². The lowest BCUT2D eigenvalue weighted by atomic mass is 9.89. The zero-order valence-electron chi connectivity index (χ0n) is 12.5.